The van der Waals surface area contributed by atoms with E-state index in [0.29, 0.717) is 22.5 Å². The Labute approximate surface area is 196 Å². The fourth-order valence-electron chi connectivity index (χ4n) is 4.29. The third kappa shape index (κ3) is 3.73. The second kappa shape index (κ2) is 9.07. The van der Waals surface area contributed by atoms with Crippen LogP contribution < -0.4 is 10.9 Å². The summed E-state index contributed by atoms with van der Waals surface area (Å²) in [6, 6.07) is 30.4. The molecule has 0 saturated carbocycles. The van der Waals surface area contributed by atoms with E-state index < -0.39 is 5.54 Å². The summed E-state index contributed by atoms with van der Waals surface area (Å²) in [5.41, 5.74) is 2.98. The number of nitrogens with one attached hydrogen (secondary N) is 3. The van der Waals surface area contributed by atoms with Gasteiger partial charge in [-0.1, -0.05) is 96.2 Å². The van der Waals surface area contributed by atoms with Gasteiger partial charge in [-0.05, 0) is 16.7 Å². The summed E-state index contributed by atoms with van der Waals surface area (Å²) in [4.78, 5) is 28.5. The van der Waals surface area contributed by atoms with Crippen molar-refractivity contribution in [2.75, 3.05) is 12.4 Å². The van der Waals surface area contributed by atoms with Crippen LogP contribution in [0.25, 0.3) is 11.0 Å². The highest BCUT2D eigenvalue weighted by atomic mass is 16.6. The molecular weight excluding hydrogens is 426 g/mol. The molecule has 0 saturated heterocycles. The zero-order valence-corrected chi connectivity index (χ0v) is 18.5. The highest BCUT2D eigenvalue weighted by molar-refractivity contribution is 5.97. The monoisotopic (exact) mass is 449 g/mol. The van der Waals surface area contributed by atoms with E-state index in [1.807, 2.05) is 54.6 Å². The van der Waals surface area contributed by atoms with Crippen LogP contribution in [0.15, 0.2) is 107 Å². The normalized spacial score (nSPS) is 11.7. The molecule has 3 N–H and O–H groups in total. The van der Waals surface area contributed by atoms with E-state index in [-0.39, 0.29) is 5.56 Å². The summed E-state index contributed by atoms with van der Waals surface area (Å²) in [7, 11) is 1.45. The standard InChI is InChI=1S/C27H23N5O2/c1-34-29-18-19-17-28-24-23(19)25(33)31-26(30-24)32-27(20-11-5-2-6-12-20,21-13-7-3-8-14-21)22-15-9-4-10-16-22/h2-18H,1H3,(H3,28,30,31,32,33). The first-order chi connectivity index (χ1) is 16.7. The molecule has 0 bridgehead atoms. The summed E-state index contributed by atoms with van der Waals surface area (Å²) < 4.78 is 0. The van der Waals surface area contributed by atoms with Crippen LogP contribution in [0.2, 0.25) is 0 Å². The molecule has 5 rings (SSSR count). The number of benzene rings is 3. The van der Waals surface area contributed by atoms with Crippen LogP contribution in [-0.4, -0.2) is 28.3 Å². The van der Waals surface area contributed by atoms with Crippen molar-refractivity contribution in [3.8, 4) is 0 Å². The number of fused-ring (bicyclic) bond motifs is 1. The number of hydrogen-bond donors (Lipinski definition) is 3. The third-order valence-electron chi connectivity index (χ3n) is 5.80. The van der Waals surface area contributed by atoms with Gasteiger partial charge in [0.15, 0.2) is 0 Å². The van der Waals surface area contributed by atoms with Gasteiger partial charge in [-0.3, -0.25) is 9.78 Å². The van der Waals surface area contributed by atoms with Crippen LogP contribution in [0.4, 0.5) is 5.95 Å². The van der Waals surface area contributed by atoms with Gasteiger partial charge in [-0.25, -0.2) is 0 Å². The van der Waals surface area contributed by atoms with Crippen LogP contribution in [-0.2, 0) is 10.4 Å². The highest BCUT2D eigenvalue weighted by Crippen LogP contribution is 2.39. The number of rotatable bonds is 7. The Hall–Kier alpha value is -4.65. The average Bonchev–Trinajstić information content (AvgIpc) is 3.31. The van der Waals surface area contributed by atoms with E-state index in [2.05, 4.69) is 56.8 Å². The van der Waals surface area contributed by atoms with E-state index in [1.54, 1.807) is 6.20 Å². The van der Waals surface area contributed by atoms with Crippen molar-refractivity contribution in [3.63, 3.8) is 0 Å². The molecule has 2 aromatic heterocycles. The minimum absolute atomic E-state index is 0.283. The van der Waals surface area contributed by atoms with Gasteiger partial charge in [0.1, 0.15) is 18.3 Å². The lowest BCUT2D eigenvalue weighted by Crippen LogP contribution is -2.39. The van der Waals surface area contributed by atoms with E-state index >= 15 is 0 Å². The highest BCUT2D eigenvalue weighted by Gasteiger charge is 2.37. The molecule has 168 valence electrons. The van der Waals surface area contributed by atoms with Crippen molar-refractivity contribution in [2.45, 2.75) is 5.54 Å². The molecule has 2 heterocycles. The maximum absolute atomic E-state index is 13.1. The maximum Gasteiger partial charge on any atom is 0.262 e. The van der Waals surface area contributed by atoms with Gasteiger partial charge in [0.05, 0.1) is 11.6 Å². The Morgan fingerprint density at radius 3 is 1.91 bits per heavy atom. The molecule has 34 heavy (non-hydrogen) atoms. The summed E-state index contributed by atoms with van der Waals surface area (Å²) in [5.74, 6) is 0.339. The van der Waals surface area contributed by atoms with E-state index in [9.17, 15) is 4.79 Å². The molecule has 0 atom stereocenters. The molecule has 0 spiro atoms. The number of nitrogens with zero attached hydrogens (tertiary/aromatic N) is 2. The Balaban J connectivity index is 1.73. The van der Waals surface area contributed by atoms with Gasteiger partial charge in [0.25, 0.3) is 5.56 Å². The van der Waals surface area contributed by atoms with Crippen LogP contribution in [0.3, 0.4) is 0 Å². The summed E-state index contributed by atoms with van der Waals surface area (Å²) in [6.45, 7) is 0. The van der Waals surface area contributed by atoms with Gasteiger partial charge in [0, 0.05) is 11.8 Å². The number of aromatic nitrogens is 3. The molecule has 3 aromatic carbocycles. The zero-order valence-electron chi connectivity index (χ0n) is 18.5. The first-order valence-corrected chi connectivity index (χ1v) is 10.8. The predicted molar refractivity (Wildman–Crippen MR) is 134 cm³/mol. The lowest BCUT2D eigenvalue weighted by molar-refractivity contribution is 0.215. The number of anilines is 1. The third-order valence-corrected chi connectivity index (χ3v) is 5.80. The summed E-state index contributed by atoms with van der Waals surface area (Å²) >= 11 is 0. The van der Waals surface area contributed by atoms with Gasteiger partial charge in [-0.15, -0.1) is 0 Å². The van der Waals surface area contributed by atoms with Crippen molar-refractivity contribution >= 4 is 23.2 Å². The minimum atomic E-state index is -0.805. The predicted octanol–water partition coefficient (Wildman–Crippen LogP) is 4.64. The van der Waals surface area contributed by atoms with Crippen LogP contribution in [0.1, 0.15) is 22.3 Å². The topological polar surface area (TPSA) is 95.2 Å². The molecule has 0 aliphatic rings. The molecule has 0 amide bonds. The summed E-state index contributed by atoms with van der Waals surface area (Å²) in [5, 5.41) is 7.76. The Bertz CT molecular complexity index is 1380. The Kier molecular flexibility index (Phi) is 5.66. The molecule has 5 aromatic rings. The van der Waals surface area contributed by atoms with Crippen LogP contribution in [0, 0.1) is 0 Å². The van der Waals surface area contributed by atoms with Gasteiger partial charge in [0.2, 0.25) is 5.95 Å². The molecule has 7 heteroatoms. The molecule has 0 aliphatic carbocycles. The number of aromatic amines is 2. The second-order valence-electron chi connectivity index (χ2n) is 7.77. The van der Waals surface area contributed by atoms with Crippen LogP contribution in [0.5, 0.6) is 0 Å². The van der Waals surface area contributed by atoms with Gasteiger partial charge >= 0.3 is 0 Å². The van der Waals surface area contributed by atoms with E-state index in [0.717, 1.165) is 16.7 Å². The quantitative estimate of drug-likeness (QED) is 0.192. The molecular formula is C27H23N5O2. The number of hydrogen-bond acceptors (Lipinski definition) is 5. The lowest BCUT2D eigenvalue weighted by atomic mass is 9.77. The van der Waals surface area contributed by atoms with E-state index in [1.165, 1.54) is 13.3 Å². The first-order valence-electron chi connectivity index (χ1n) is 10.8. The molecule has 0 unspecified atom stereocenters. The fourth-order valence-corrected chi connectivity index (χ4v) is 4.29. The van der Waals surface area contributed by atoms with Crippen molar-refractivity contribution in [1.82, 2.24) is 15.0 Å². The second-order valence-corrected chi connectivity index (χ2v) is 7.77. The maximum atomic E-state index is 13.1. The fraction of sp³-hybridized carbons (Fsp3) is 0.0741. The Morgan fingerprint density at radius 2 is 1.41 bits per heavy atom. The minimum Gasteiger partial charge on any atom is -0.399 e. The first kappa shape index (κ1) is 21.2. The van der Waals surface area contributed by atoms with Gasteiger partial charge in [-0.2, -0.15) is 4.98 Å². The number of H-pyrrole nitrogens is 2. The largest absolute Gasteiger partial charge is 0.399 e. The molecule has 0 radical (unpaired) electrons. The smallest absolute Gasteiger partial charge is 0.262 e. The van der Waals surface area contributed by atoms with E-state index in [4.69, 9.17) is 9.82 Å². The average molecular weight is 450 g/mol. The number of oxime groups is 1. The molecule has 0 aliphatic heterocycles. The van der Waals surface area contributed by atoms with Crippen molar-refractivity contribution in [3.05, 3.63) is 130 Å². The van der Waals surface area contributed by atoms with Crippen molar-refractivity contribution < 1.29 is 4.84 Å². The SMILES string of the molecule is CON=Cc1c[nH]c2nc(NC(c3ccccc3)(c3ccccc3)c3ccccc3)[nH]c(=O)c12. The molecule has 0 fully saturated rings. The van der Waals surface area contributed by atoms with Crippen LogP contribution >= 0.6 is 0 Å². The Morgan fingerprint density at radius 1 is 0.882 bits per heavy atom. The lowest BCUT2D eigenvalue weighted by Gasteiger charge is -2.37. The van der Waals surface area contributed by atoms with Crippen molar-refractivity contribution in [2.24, 2.45) is 5.16 Å². The van der Waals surface area contributed by atoms with Gasteiger partial charge < -0.3 is 15.1 Å². The molecule has 7 nitrogen and oxygen atoms in total. The zero-order chi connectivity index (χ0) is 23.4. The van der Waals surface area contributed by atoms with Crippen molar-refractivity contribution in [1.29, 1.82) is 0 Å². The summed E-state index contributed by atoms with van der Waals surface area (Å²) in [6.07, 6.45) is 3.16.